The number of aryl methyl sites for hydroxylation is 1. The molecule has 0 saturated carbocycles. The van der Waals surface area contributed by atoms with E-state index in [1.54, 1.807) is 19.1 Å². The number of rotatable bonds is 9. The van der Waals surface area contributed by atoms with Gasteiger partial charge in [0.25, 0.3) is 5.91 Å². The van der Waals surface area contributed by atoms with E-state index in [0.29, 0.717) is 17.7 Å². The molecule has 6 nitrogen and oxygen atoms in total. The zero-order chi connectivity index (χ0) is 21.7. The van der Waals surface area contributed by atoms with Gasteiger partial charge in [-0.2, -0.15) is 0 Å². The van der Waals surface area contributed by atoms with Crippen LogP contribution in [-0.4, -0.2) is 46.4 Å². The summed E-state index contributed by atoms with van der Waals surface area (Å²) in [6, 6.07) is 14.1. The Bertz CT molecular complexity index is 939. The molecule has 0 radical (unpaired) electrons. The number of carbonyl (C=O) groups is 1. The zero-order valence-electron chi connectivity index (χ0n) is 17.8. The minimum absolute atomic E-state index is 0.101. The van der Waals surface area contributed by atoms with E-state index in [4.69, 9.17) is 0 Å². The smallest absolute Gasteiger partial charge is 0.251 e. The minimum Gasteiger partial charge on any atom is -0.351 e. The summed E-state index contributed by atoms with van der Waals surface area (Å²) >= 11 is 0. The summed E-state index contributed by atoms with van der Waals surface area (Å²) in [6.07, 6.45) is 0. The normalized spacial score (nSPS) is 12.2. The Hall–Kier alpha value is -2.22. The summed E-state index contributed by atoms with van der Waals surface area (Å²) in [5, 5.41) is 2.92. The largest absolute Gasteiger partial charge is 0.351 e. The van der Waals surface area contributed by atoms with Gasteiger partial charge in [0.2, 0.25) is 10.0 Å². The molecule has 2 aromatic carbocycles. The number of nitrogens with zero attached hydrogens (tertiary/aromatic N) is 1. The zero-order valence-corrected chi connectivity index (χ0v) is 18.6. The predicted octanol–water partition coefficient (Wildman–Crippen LogP) is 2.79. The van der Waals surface area contributed by atoms with Crippen molar-refractivity contribution in [3.8, 4) is 0 Å². The highest BCUT2D eigenvalue weighted by Gasteiger charge is 2.22. The third-order valence-corrected chi connectivity index (χ3v) is 6.06. The van der Waals surface area contributed by atoms with E-state index in [0.717, 1.165) is 12.1 Å². The third-order valence-electron chi connectivity index (χ3n) is 4.52. The predicted molar refractivity (Wildman–Crippen MR) is 116 cm³/mol. The molecule has 0 aliphatic carbocycles. The second-order valence-electron chi connectivity index (χ2n) is 8.38. The lowest BCUT2D eigenvalue weighted by atomic mass is 9.93. The van der Waals surface area contributed by atoms with E-state index in [1.807, 2.05) is 44.4 Å². The van der Waals surface area contributed by atoms with Gasteiger partial charge in [-0.25, -0.2) is 13.1 Å². The van der Waals surface area contributed by atoms with Gasteiger partial charge >= 0.3 is 0 Å². The molecule has 7 heteroatoms. The first-order chi connectivity index (χ1) is 13.5. The molecule has 0 heterocycles. The van der Waals surface area contributed by atoms with Gasteiger partial charge in [0.05, 0.1) is 4.90 Å². The van der Waals surface area contributed by atoms with E-state index in [2.05, 4.69) is 28.8 Å². The lowest BCUT2D eigenvalue weighted by Crippen LogP contribution is -2.40. The first kappa shape index (κ1) is 23.1. The fraction of sp³-hybridized carbons (Fsp3) is 0.409. The molecule has 0 saturated heterocycles. The lowest BCUT2D eigenvalue weighted by molar-refractivity contribution is 0.0929. The highest BCUT2D eigenvalue weighted by molar-refractivity contribution is 7.89. The molecule has 0 aromatic heterocycles. The molecule has 0 aliphatic heterocycles. The summed E-state index contributed by atoms with van der Waals surface area (Å²) in [5.41, 5.74) is 1.69. The Balaban J connectivity index is 2.13. The van der Waals surface area contributed by atoms with Gasteiger partial charge in [0.15, 0.2) is 0 Å². The number of carbonyl (C=O) groups excluding carboxylic acids is 1. The SMILES string of the molecule is Cc1ccc(C(=O)NCC(C)(C)CN(C)C)cc1S(=O)(=O)NCc1ccccc1. The Labute approximate surface area is 174 Å². The van der Waals surface area contributed by atoms with Gasteiger partial charge in [0, 0.05) is 25.2 Å². The van der Waals surface area contributed by atoms with Crippen LogP contribution < -0.4 is 10.0 Å². The van der Waals surface area contributed by atoms with Crippen LogP contribution in [0.15, 0.2) is 53.4 Å². The van der Waals surface area contributed by atoms with Crippen LogP contribution in [0.1, 0.15) is 35.3 Å². The topological polar surface area (TPSA) is 78.5 Å². The van der Waals surface area contributed by atoms with Crippen LogP contribution in [0.3, 0.4) is 0 Å². The molecule has 2 aromatic rings. The van der Waals surface area contributed by atoms with E-state index in [1.165, 1.54) is 6.07 Å². The van der Waals surface area contributed by atoms with Crippen molar-refractivity contribution in [2.45, 2.75) is 32.2 Å². The number of hydrogen-bond donors (Lipinski definition) is 2. The number of benzene rings is 2. The van der Waals surface area contributed by atoms with Crippen molar-refractivity contribution in [3.63, 3.8) is 0 Å². The molecule has 0 spiro atoms. The van der Waals surface area contributed by atoms with Crippen LogP contribution in [0, 0.1) is 12.3 Å². The summed E-state index contributed by atoms with van der Waals surface area (Å²) in [7, 11) is 0.237. The first-order valence-corrected chi connectivity index (χ1v) is 11.1. The fourth-order valence-corrected chi connectivity index (χ4v) is 4.50. The van der Waals surface area contributed by atoms with Crippen LogP contribution in [0.5, 0.6) is 0 Å². The van der Waals surface area contributed by atoms with Crippen molar-refractivity contribution in [3.05, 3.63) is 65.2 Å². The Kier molecular flexibility index (Phi) is 7.57. The van der Waals surface area contributed by atoms with Crippen molar-refractivity contribution in [1.29, 1.82) is 0 Å². The molecular weight excluding hydrogens is 386 g/mol. The summed E-state index contributed by atoms with van der Waals surface area (Å²) in [5.74, 6) is -0.281. The maximum absolute atomic E-state index is 12.8. The molecule has 2 rings (SSSR count). The molecule has 0 aliphatic rings. The van der Waals surface area contributed by atoms with Crippen molar-refractivity contribution >= 4 is 15.9 Å². The standard InChI is InChI=1S/C22H31N3O3S/c1-17-11-12-19(21(26)23-15-22(2,3)16-25(4)5)13-20(17)29(27,28)24-14-18-9-7-6-8-10-18/h6-13,24H,14-16H2,1-5H3,(H,23,26). The summed E-state index contributed by atoms with van der Waals surface area (Å²) in [6.45, 7) is 7.38. The van der Waals surface area contributed by atoms with Crippen molar-refractivity contribution in [2.75, 3.05) is 27.2 Å². The molecular formula is C22H31N3O3S. The number of hydrogen-bond acceptors (Lipinski definition) is 4. The number of sulfonamides is 1. The van der Waals surface area contributed by atoms with Gasteiger partial charge in [-0.15, -0.1) is 0 Å². The van der Waals surface area contributed by atoms with Crippen LogP contribution >= 0.6 is 0 Å². The van der Waals surface area contributed by atoms with Gasteiger partial charge in [-0.3, -0.25) is 4.79 Å². The van der Waals surface area contributed by atoms with E-state index in [9.17, 15) is 13.2 Å². The van der Waals surface area contributed by atoms with Crippen molar-refractivity contribution < 1.29 is 13.2 Å². The van der Waals surface area contributed by atoms with Crippen LogP contribution in [0.2, 0.25) is 0 Å². The van der Waals surface area contributed by atoms with E-state index in [-0.39, 0.29) is 22.8 Å². The summed E-state index contributed by atoms with van der Waals surface area (Å²) < 4.78 is 28.2. The summed E-state index contributed by atoms with van der Waals surface area (Å²) in [4.78, 5) is 14.8. The van der Waals surface area contributed by atoms with Crippen LogP contribution in [0.25, 0.3) is 0 Å². The van der Waals surface area contributed by atoms with Gasteiger partial charge < -0.3 is 10.2 Å². The monoisotopic (exact) mass is 417 g/mol. The maximum Gasteiger partial charge on any atom is 0.251 e. The van der Waals surface area contributed by atoms with Gasteiger partial charge in [-0.1, -0.05) is 50.2 Å². The quantitative estimate of drug-likeness (QED) is 0.658. The second-order valence-corrected chi connectivity index (χ2v) is 10.1. The first-order valence-electron chi connectivity index (χ1n) is 9.57. The van der Waals surface area contributed by atoms with Gasteiger partial charge in [0.1, 0.15) is 0 Å². The Morgan fingerprint density at radius 2 is 1.72 bits per heavy atom. The van der Waals surface area contributed by atoms with Crippen molar-refractivity contribution in [1.82, 2.24) is 14.9 Å². The lowest BCUT2D eigenvalue weighted by Gasteiger charge is -2.28. The maximum atomic E-state index is 12.8. The van der Waals surface area contributed by atoms with E-state index >= 15 is 0 Å². The molecule has 2 N–H and O–H groups in total. The number of nitrogens with one attached hydrogen (secondary N) is 2. The molecule has 0 fully saturated rings. The molecule has 0 atom stereocenters. The Morgan fingerprint density at radius 1 is 1.07 bits per heavy atom. The van der Waals surface area contributed by atoms with Crippen molar-refractivity contribution in [2.24, 2.45) is 5.41 Å². The second kappa shape index (κ2) is 9.52. The van der Waals surface area contributed by atoms with Crippen LogP contribution in [-0.2, 0) is 16.6 Å². The minimum atomic E-state index is -3.74. The van der Waals surface area contributed by atoms with Gasteiger partial charge in [-0.05, 0) is 49.7 Å². The van der Waals surface area contributed by atoms with E-state index < -0.39 is 10.0 Å². The molecule has 0 bridgehead atoms. The Morgan fingerprint density at radius 3 is 2.34 bits per heavy atom. The molecule has 158 valence electrons. The molecule has 29 heavy (non-hydrogen) atoms. The molecule has 1 amide bonds. The van der Waals surface area contributed by atoms with Crippen LogP contribution in [0.4, 0.5) is 0 Å². The highest BCUT2D eigenvalue weighted by atomic mass is 32.2. The fourth-order valence-electron chi connectivity index (χ4n) is 3.22. The third kappa shape index (κ3) is 6.96. The molecule has 0 unspecified atom stereocenters. The highest BCUT2D eigenvalue weighted by Crippen LogP contribution is 2.19. The average Bonchev–Trinajstić information content (AvgIpc) is 2.65. The average molecular weight is 418 g/mol. The number of amides is 1.